The van der Waals surface area contributed by atoms with Gasteiger partial charge in [0.1, 0.15) is 5.41 Å². The van der Waals surface area contributed by atoms with Crippen molar-refractivity contribution >= 4 is 65.3 Å². The Kier molecular flexibility index (Phi) is 6.87. The third kappa shape index (κ3) is 4.29. The molecule has 0 saturated heterocycles. The standard InChI is InChI=1S/C34H31Br2N3O/c1-21(2)13-15-38-19-28(25-17-23(35)9-11-31(25)38)34(27-7-5-6-8-30(27)37-33(34)40)29-20-39(16-14-22(3)4)32-12-10-24(36)18-26(29)32/h5-14,17-20H,15-16H2,1-4H3,(H,37,40). The first kappa shape index (κ1) is 26.9. The van der Waals surface area contributed by atoms with Crippen molar-refractivity contribution in [2.75, 3.05) is 5.32 Å². The second-order valence-electron chi connectivity index (χ2n) is 11.0. The number of hydrogen-bond acceptors (Lipinski definition) is 1. The fourth-order valence-electron chi connectivity index (χ4n) is 5.94. The van der Waals surface area contributed by atoms with Crippen LogP contribution in [0.4, 0.5) is 5.69 Å². The monoisotopic (exact) mass is 655 g/mol. The predicted octanol–water partition coefficient (Wildman–Crippen LogP) is 9.34. The van der Waals surface area contributed by atoms with Crippen LogP contribution in [0.25, 0.3) is 21.8 Å². The molecule has 0 bridgehead atoms. The number of aromatic nitrogens is 2. The quantitative estimate of drug-likeness (QED) is 0.182. The van der Waals surface area contributed by atoms with Crippen molar-refractivity contribution in [1.82, 2.24) is 9.13 Å². The number of benzene rings is 3. The number of nitrogens with zero attached hydrogens (tertiary/aromatic N) is 2. The van der Waals surface area contributed by atoms with Crippen LogP contribution in [0.5, 0.6) is 0 Å². The maximum atomic E-state index is 14.6. The molecule has 2 aromatic heterocycles. The Morgan fingerprint density at radius 1 is 0.750 bits per heavy atom. The summed E-state index contributed by atoms with van der Waals surface area (Å²) in [6.07, 6.45) is 8.83. The lowest BCUT2D eigenvalue weighted by atomic mass is 9.70. The number of hydrogen-bond donors (Lipinski definition) is 1. The number of para-hydroxylation sites is 1. The first-order chi connectivity index (χ1) is 19.2. The zero-order valence-electron chi connectivity index (χ0n) is 23.1. The molecule has 6 rings (SSSR count). The van der Waals surface area contributed by atoms with Crippen LogP contribution in [0.2, 0.25) is 0 Å². The van der Waals surface area contributed by atoms with E-state index in [4.69, 9.17) is 0 Å². The Hall–Kier alpha value is -3.35. The lowest BCUT2D eigenvalue weighted by Crippen LogP contribution is -2.36. The normalized spacial score (nSPS) is 13.9. The highest BCUT2D eigenvalue weighted by molar-refractivity contribution is 9.10. The Morgan fingerprint density at radius 2 is 1.25 bits per heavy atom. The fourth-order valence-corrected chi connectivity index (χ4v) is 6.66. The van der Waals surface area contributed by atoms with Gasteiger partial charge in [-0.2, -0.15) is 0 Å². The number of anilines is 1. The molecule has 0 atom stereocenters. The smallest absolute Gasteiger partial charge is 0.244 e. The van der Waals surface area contributed by atoms with Gasteiger partial charge in [-0.15, -0.1) is 0 Å². The van der Waals surface area contributed by atoms with Gasteiger partial charge >= 0.3 is 0 Å². The first-order valence-electron chi connectivity index (χ1n) is 13.5. The van der Waals surface area contributed by atoms with Gasteiger partial charge in [-0.25, -0.2) is 0 Å². The van der Waals surface area contributed by atoms with E-state index in [1.165, 1.54) is 11.1 Å². The van der Waals surface area contributed by atoms with Gasteiger partial charge in [0.25, 0.3) is 0 Å². The number of fused-ring (bicyclic) bond motifs is 3. The van der Waals surface area contributed by atoms with Crippen molar-refractivity contribution in [3.05, 3.63) is 122 Å². The van der Waals surface area contributed by atoms with E-state index in [1.54, 1.807) is 0 Å². The molecule has 3 aromatic carbocycles. The van der Waals surface area contributed by atoms with Crippen LogP contribution in [-0.2, 0) is 23.3 Å². The maximum Gasteiger partial charge on any atom is 0.244 e. The Bertz CT molecular complexity index is 1760. The van der Waals surface area contributed by atoms with E-state index in [0.29, 0.717) is 0 Å². The Balaban J connectivity index is 1.76. The topological polar surface area (TPSA) is 39.0 Å². The molecule has 0 radical (unpaired) electrons. The minimum Gasteiger partial charge on any atom is -0.343 e. The molecule has 202 valence electrons. The first-order valence-corrected chi connectivity index (χ1v) is 15.0. The second-order valence-corrected chi connectivity index (χ2v) is 12.9. The van der Waals surface area contributed by atoms with Crippen LogP contribution in [0.1, 0.15) is 44.4 Å². The van der Waals surface area contributed by atoms with Gasteiger partial charge < -0.3 is 14.5 Å². The van der Waals surface area contributed by atoms with Gasteiger partial charge in [0.05, 0.1) is 0 Å². The van der Waals surface area contributed by atoms with Crippen LogP contribution in [-0.4, -0.2) is 15.0 Å². The average molecular weight is 657 g/mol. The molecular weight excluding hydrogens is 626 g/mol. The summed E-state index contributed by atoms with van der Waals surface area (Å²) < 4.78 is 6.49. The summed E-state index contributed by atoms with van der Waals surface area (Å²) in [6.45, 7) is 9.92. The van der Waals surface area contributed by atoms with Crippen molar-refractivity contribution in [3.8, 4) is 0 Å². The molecule has 0 unspecified atom stereocenters. The summed E-state index contributed by atoms with van der Waals surface area (Å²) in [5.74, 6) is -0.0313. The van der Waals surface area contributed by atoms with E-state index in [9.17, 15) is 4.79 Å². The number of halogens is 2. The molecule has 0 fully saturated rings. The van der Waals surface area contributed by atoms with Crippen LogP contribution in [0.3, 0.4) is 0 Å². The van der Waals surface area contributed by atoms with E-state index in [0.717, 1.165) is 66.2 Å². The summed E-state index contributed by atoms with van der Waals surface area (Å²) in [7, 11) is 0. The zero-order chi connectivity index (χ0) is 28.2. The van der Waals surface area contributed by atoms with Gasteiger partial charge in [0.2, 0.25) is 5.91 Å². The summed E-state index contributed by atoms with van der Waals surface area (Å²) in [6, 6.07) is 20.9. The minimum absolute atomic E-state index is 0.0313. The number of allylic oxidation sites excluding steroid dienone is 4. The Morgan fingerprint density at radius 3 is 1.75 bits per heavy atom. The van der Waals surface area contributed by atoms with E-state index < -0.39 is 5.41 Å². The summed E-state index contributed by atoms with van der Waals surface area (Å²) in [5.41, 5.74) is 7.46. The van der Waals surface area contributed by atoms with Crippen molar-refractivity contribution < 1.29 is 4.79 Å². The SMILES string of the molecule is CC(C)=CCn1cc(C2(c3cn(CC=C(C)C)c4ccc(Br)cc34)C(=O)Nc3ccccc32)c2cc(Br)ccc21. The molecule has 3 heterocycles. The molecule has 0 saturated carbocycles. The third-order valence-electron chi connectivity index (χ3n) is 7.81. The molecule has 1 N–H and O–H groups in total. The van der Waals surface area contributed by atoms with Crippen molar-refractivity contribution in [2.24, 2.45) is 0 Å². The van der Waals surface area contributed by atoms with E-state index in [2.05, 4.69) is 141 Å². The number of carbonyl (C=O) groups excluding carboxylic acids is 1. The van der Waals surface area contributed by atoms with Gasteiger partial charge in [-0.05, 0) is 70.2 Å². The summed E-state index contributed by atoms with van der Waals surface area (Å²) in [4.78, 5) is 14.6. The van der Waals surface area contributed by atoms with E-state index in [-0.39, 0.29) is 5.91 Å². The lowest BCUT2D eigenvalue weighted by molar-refractivity contribution is -0.118. The molecule has 6 heteroatoms. The molecule has 1 aliphatic rings. The molecule has 40 heavy (non-hydrogen) atoms. The number of amides is 1. The molecule has 1 aliphatic heterocycles. The largest absolute Gasteiger partial charge is 0.343 e. The zero-order valence-corrected chi connectivity index (χ0v) is 26.2. The molecule has 1 amide bonds. The van der Waals surface area contributed by atoms with Crippen LogP contribution in [0.15, 0.2) is 105 Å². The predicted molar refractivity (Wildman–Crippen MR) is 173 cm³/mol. The second kappa shape index (κ2) is 10.2. The van der Waals surface area contributed by atoms with Crippen molar-refractivity contribution in [3.63, 3.8) is 0 Å². The maximum absolute atomic E-state index is 14.6. The van der Waals surface area contributed by atoms with Gasteiger partial charge in [-0.3, -0.25) is 4.79 Å². The molecule has 0 spiro atoms. The van der Waals surface area contributed by atoms with Crippen LogP contribution >= 0.6 is 31.9 Å². The van der Waals surface area contributed by atoms with Crippen molar-refractivity contribution in [2.45, 2.75) is 46.2 Å². The highest BCUT2D eigenvalue weighted by atomic mass is 79.9. The van der Waals surface area contributed by atoms with Crippen LogP contribution in [0, 0.1) is 0 Å². The highest BCUT2D eigenvalue weighted by Gasteiger charge is 2.52. The van der Waals surface area contributed by atoms with Crippen molar-refractivity contribution in [1.29, 1.82) is 0 Å². The van der Waals surface area contributed by atoms with Crippen LogP contribution < -0.4 is 5.32 Å². The number of rotatable bonds is 6. The number of carbonyl (C=O) groups is 1. The van der Waals surface area contributed by atoms with Gasteiger partial charge in [0.15, 0.2) is 0 Å². The average Bonchev–Trinajstić information content (AvgIpc) is 3.55. The Labute approximate surface area is 251 Å². The third-order valence-corrected chi connectivity index (χ3v) is 8.79. The molecule has 5 aromatic rings. The minimum atomic E-state index is -1.04. The van der Waals surface area contributed by atoms with E-state index >= 15 is 0 Å². The van der Waals surface area contributed by atoms with E-state index in [1.807, 2.05) is 18.2 Å². The fraction of sp³-hybridized carbons (Fsp3) is 0.206. The van der Waals surface area contributed by atoms with Gasteiger partial charge in [-0.1, -0.05) is 73.4 Å². The molecular formula is C34H31Br2N3O. The lowest BCUT2D eigenvalue weighted by Gasteiger charge is -2.28. The molecule has 0 aliphatic carbocycles. The number of nitrogens with one attached hydrogen (secondary N) is 1. The summed E-state index contributed by atoms with van der Waals surface area (Å²) in [5, 5.41) is 5.38. The molecule has 4 nitrogen and oxygen atoms in total. The highest BCUT2D eigenvalue weighted by Crippen LogP contribution is 2.52. The summed E-state index contributed by atoms with van der Waals surface area (Å²) >= 11 is 7.43. The van der Waals surface area contributed by atoms with Gasteiger partial charge in [0, 0.05) is 78.6 Å².